The lowest BCUT2D eigenvalue weighted by Crippen LogP contribution is -2.29. The highest BCUT2D eigenvalue weighted by atomic mass is 16.6. The molecule has 0 radical (unpaired) electrons. The van der Waals surface area contributed by atoms with Gasteiger partial charge in [-0.05, 0) is 31.9 Å². The lowest BCUT2D eigenvalue weighted by atomic mass is 10.1. The van der Waals surface area contributed by atoms with Crippen molar-refractivity contribution >= 4 is 18.2 Å². The number of carbonyl (C=O) groups excluding carboxylic acids is 2. The van der Waals surface area contributed by atoms with Crippen LogP contribution < -0.4 is 0 Å². The maximum absolute atomic E-state index is 11.8. The number of hydrogen-bond acceptors (Lipinski definition) is 5. The van der Waals surface area contributed by atoms with Crippen LogP contribution in [0.1, 0.15) is 25.0 Å². The Hall–Kier alpha value is -2.17. The van der Waals surface area contributed by atoms with E-state index in [9.17, 15) is 9.59 Å². The highest BCUT2D eigenvalue weighted by molar-refractivity contribution is 6.09. The number of rotatable bonds is 7. The summed E-state index contributed by atoms with van der Waals surface area (Å²) < 4.78 is 9.73. The molecule has 1 rings (SSSR count). The van der Waals surface area contributed by atoms with Crippen LogP contribution in [0, 0.1) is 12.8 Å². The molecule has 0 aliphatic carbocycles. The van der Waals surface area contributed by atoms with Crippen molar-refractivity contribution in [1.29, 1.82) is 0 Å². The van der Waals surface area contributed by atoms with E-state index in [-0.39, 0.29) is 13.2 Å². The third-order valence-corrected chi connectivity index (χ3v) is 2.86. The zero-order valence-electron chi connectivity index (χ0n) is 12.7. The van der Waals surface area contributed by atoms with Crippen LogP contribution in [0.5, 0.6) is 0 Å². The predicted octanol–water partition coefficient (Wildman–Crippen LogP) is 2.31. The van der Waals surface area contributed by atoms with Gasteiger partial charge < -0.3 is 9.47 Å². The zero-order chi connectivity index (χ0) is 15.7. The van der Waals surface area contributed by atoms with E-state index in [0.29, 0.717) is 6.54 Å². The molecule has 0 saturated heterocycles. The highest BCUT2D eigenvalue weighted by Crippen LogP contribution is 2.09. The van der Waals surface area contributed by atoms with Crippen LogP contribution in [0.4, 0.5) is 0 Å². The first-order valence-corrected chi connectivity index (χ1v) is 6.97. The topological polar surface area (TPSA) is 65.0 Å². The van der Waals surface area contributed by atoms with Crippen LogP contribution in [0.15, 0.2) is 29.3 Å². The van der Waals surface area contributed by atoms with E-state index in [4.69, 9.17) is 9.47 Å². The molecule has 0 unspecified atom stereocenters. The predicted molar refractivity (Wildman–Crippen MR) is 80.1 cm³/mol. The number of esters is 2. The summed E-state index contributed by atoms with van der Waals surface area (Å²) in [6, 6.07) is 7.81. The van der Waals surface area contributed by atoms with Crippen molar-refractivity contribution in [2.24, 2.45) is 10.9 Å². The van der Waals surface area contributed by atoms with Crippen molar-refractivity contribution in [1.82, 2.24) is 0 Å². The van der Waals surface area contributed by atoms with Gasteiger partial charge in [0.25, 0.3) is 0 Å². The van der Waals surface area contributed by atoms with Crippen molar-refractivity contribution in [3.63, 3.8) is 0 Å². The lowest BCUT2D eigenvalue weighted by molar-refractivity contribution is -0.157. The fourth-order valence-corrected chi connectivity index (χ4v) is 1.73. The van der Waals surface area contributed by atoms with E-state index < -0.39 is 17.9 Å². The molecule has 1 aromatic carbocycles. The average Bonchev–Trinajstić information content (AvgIpc) is 2.45. The molecule has 1 aromatic rings. The Bertz CT molecular complexity index is 493. The van der Waals surface area contributed by atoms with Gasteiger partial charge >= 0.3 is 11.9 Å². The van der Waals surface area contributed by atoms with Gasteiger partial charge in [-0.1, -0.05) is 24.3 Å². The van der Waals surface area contributed by atoms with Gasteiger partial charge in [-0.25, -0.2) is 0 Å². The average molecular weight is 291 g/mol. The maximum Gasteiger partial charge on any atom is 0.325 e. The second-order valence-electron chi connectivity index (χ2n) is 4.40. The molecule has 0 aromatic heterocycles. The van der Waals surface area contributed by atoms with Gasteiger partial charge in [-0.15, -0.1) is 0 Å². The van der Waals surface area contributed by atoms with Gasteiger partial charge in [-0.3, -0.25) is 14.6 Å². The summed E-state index contributed by atoms with van der Waals surface area (Å²) in [7, 11) is 0. The van der Waals surface area contributed by atoms with Gasteiger partial charge in [-0.2, -0.15) is 0 Å². The minimum atomic E-state index is -1.10. The van der Waals surface area contributed by atoms with Crippen molar-refractivity contribution in [3.05, 3.63) is 35.4 Å². The fraction of sp³-hybridized carbons (Fsp3) is 0.438. The van der Waals surface area contributed by atoms with E-state index in [1.54, 1.807) is 13.8 Å². The van der Waals surface area contributed by atoms with Crippen molar-refractivity contribution in [2.75, 3.05) is 13.2 Å². The Morgan fingerprint density at radius 3 is 2.24 bits per heavy atom. The first-order valence-electron chi connectivity index (χ1n) is 6.97. The van der Waals surface area contributed by atoms with E-state index in [0.717, 1.165) is 11.1 Å². The number of hydrogen-bond donors (Lipinski definition) is 0. The van der Waals surface area contributed by atoms with Gasteiger partial charge in [0, 0.05) is 6.21 Å². The normalized spacial score (nSPS) is 10.9. The van der Waals surface area contributed by atoms with Crippen LogP contribution in [0.25, 0.3) is 0 Å². The molecule has 0 aliphatic heterocycles. The fourth-order valence-electron chi connectivity index (χ4n) is 1.73. The summed E-state index contributed by atoms with van der Waals surface area (Å²) >= 11 is 0. The standard InChI is InChI=1S/C16H21NO4/c1-4-20-15(18)14(16(19)21-5-2)11-17-10-13-9-7-6-8-12(13)3/h6-9,11,14H,4-5,10H2,1-3H3. The minimum Gasteiger partial charge on any atom is -0.465 e. The van der Waals surface area contributed by atoms with E-state index in [1.807, 2.05) is 31.2 Å². The molecule has 0 amide bonds. The lowest BCUT2D eigenvalue weighted by Gasteiger charge is -2.10. The zero-order valence-corrected chi connectivity index (χ0v) is 12.7. The molecular formula is C16H21NO4. The summed E-state index contributed by atoms with van der Waals surface area (Å²) in [5, 5.41) is 0. The van der Waals surface area contributed by atoms with Gasteiger partial charge in [0.2, 0.25) is 0 Å². The number of nitrogens with zero attached hydrogens (tertiary/aromatic N) is 1. The molecule has 0 atom stereocenters. The second-order valence-corrected chi connectivity index (χ2v) is 4.40. The number of benzene rings is 1. The molecule has 0 bridgehead atoms. The van der Waals surface area contributed by atoms with Crippen molar-refractivity contribution in [3.8, 4) is 0 Å². The van der Waals surface area contributed by atoms with Crippen LogP contribution in [-0.2, 0) is 25.6 Å². The largest absolute Gasteiger partial charge is 0.465 e. The van der Waals surface area contributed by atoms with Crippen LogP contribution in [0.2, 0.25) is 0 Å². The second kappa shape index (κ2) is 8.89. The number of aryl methyl sites for hydroxylation is 1. The Kier molecular flexibility index (Phi) is 7.15. The summed E-state index contributed by atoms with van der Waals surface area (Å²) in [4.78, 5) is 27.7. The quantitative estimate of drug-likeness (QED) is 0.439. The highest BCUT2D eigenvalue weighted by Gasteiger charge is 2.27. The molecule has 0 N–H and O–H groups in total. The van der Waals surface area contributed by atoms with Crippen molar-refractivity contribution < 1.29 is 19.1 Å². The van der Waals surface area contributed by atoms with Crippen LogP contribution in [0.3, 0.4) is 0 Å². The van der Waals surface area contributed by atoms with Gasteiger partial charge in [0.05, 0.1) is 19.8 Å². The molecule has 114 valence electrons. The minimum absolute atomic E-state index is 0.209. The number of carbonyl (C=O) groups is 2. The van der Waals surface area contributed by atoms with E-state index in [1.165, 1.54) is 6.21 Å². The first-order chi connectivity index (χ1) is 10.1. The molecule has 21 heavy (non-hydrogen) atoms. The SMILES string of the molecule is CCOC(=O)C(C=NCc1ccccc1C)C(=O)OCC. The third kappa shape index (κ3) is 5.38. The number of aliphatic imine (C=N–C) groups is 1. The van der Waals surface area contributed by atoms with Crippen molar-refractivity contribution in [2.45, 2.75) is 27.3 Å². The maximum atomic E-state index is 11.8. The summed E-state index contributed by atoms with van der Waals surface area (Å²) in [6.07, 6.45) is 1.31. The molecule has 5 nitrogen and oxygen atoms in total. The molecule has 0 spiro atoms. The monoisotopic (exact) mass is 291 g/mol. The molecular weight excluding hydrogens is 270 g/mol. The Labute approximate surface area is 125 Å². The van der Waals surface area contributed by atoms with E-state index >= 15 is 0 Å². The molecule has 0 saturated carbocycles. The Morgan fingerprint density at radius 1 is 1.14 bits per heavy atom. The Morgan fingerprint density at radius 2 is 1.71 bits per heavy atom. The smallest absolute Gasteiger partial charge is 0.325 e. The molecule has 0 aliphatic rings. The van der Waals surface area contributed by atoms with Crippen LogP contribution in [-0.4, -0.2) is 31.4 Å². The van der Waals surface area contributed by atoms with Gasteiger partial charge in [0.15, 0.2) is 5.92 Å². The first kappa shape index (κ1) is 16.9. The summed E-state index contributed by atoms with van der Waals surface area (Å²) in [5.74, 6) is -2.37. The molecule has 0 fully saturated rings. The summed E-state index contributed by atoms with van der Waals surface area (Å²) in [5.41, 5.74) is 2.15. The third-order valence-electron chi connectivity index (χ3n) is 2.86. The molecule has 0 heterocycles. The van der Waals surface area contributed by atoms with E-state index in [2.05, 4.69) is 4.99 Å². The Balaban J connectivity index is 2.76. The molecule has 5 heteroatoms. The number of ether oxygens (including phenoxy) is 2. The van der Waals surface area contributed by atoms with Gasteiger partial charge in [0.1, 0.15) is 0 Å². The van der Waals surface area contributed by atoms with Crippen LogP contribution >= 0.6 is 0 Å². The summed E-state index contributed by atoms with van der Waals surface area (Å²) in [6.45, 7) is 6.18.